The molecule has 0 atom stereocenters. The number of carbonyl (C=O) groups is 2. The van der Waals surface area contributed by atoms with Crippen molar-refractivity contribution in [2.75, 3.05) is 14.2 Å². The van der Waals surface area contributed by atoms with Crippen molar-refractivity contribution >= 4 is 47.3 Å². The van der Waals surface area contributed by atoms with Gasteiger partial charge in [-0.15, -0.1) is 0 Å². The van der Waals surface area contributed by atoms with E-state index in [0.717, 1.165) is 61.7 Å². The van der Waals surface area contributed by atoms with E-state index in [1.165, 1.54) is 14.2 Å². The third-order valence-corrected chi connectivity index (χ3v) is 8.50. The lowest BCUT2D eigenvalue weighted by molar-refractivity contribution is -0.141. The van der Waals surface area contributed by atoms with Gasteiger partial charge in [0.15, 0.2) is 0 Å². The fraction of sp³-hybridized carbons (Fsp3) is 0.286. The highest BCUT2D eigenvalue weighted by molar-refractivity contribution is 6.25. The van der Waals surface area contributed by atoms with Gasteiger partial charge >= 0.3 is 11.9 Å². The van der Waals surface area contributed by atoms with Gasteiger partial charge in [-0.2, -0.15) is 0 Å². The maximum atomic E-state index is 12.1. The maximum absolute atomic E-state index is 12.1. The Kier molecular flexibility index (Phi) is 8.49. The summed E-state index contributed by atoms with van der Waals surface area (Å²) in [6, 6.07) is 0. The summed E-state index contributed by atoms with van der Waals surface area (Å²) in [6.45, 7) is 11.9. The van der Waals surface area contributed by atoms with Crippen LogP contribution in [0.25, 0.3) is 18.2 Å². The third-order valence-electron chi connectivity index (χ3n) is 8.50. The summed E-state index contributed by atoms with van der Waals surface area (Å²) in [5, 5.41) is 11.8. The number of allylic oxidation sites excluding steroid dienone is 8. The molecule has 0 fully saturated rings. The standard InChI is InChI=1S/C35H36N4O5/c1-8-22-18(2)28-15-33-25(17-40)21(5)27(39-33)13-26-19(3)23(9-11-34(41)43-6)31(37-26)16-32-24(10-12-35(42)44-7)20(4)29(38-32)14-30(22)36-28/h8,13-17,36,40H,1,9-12H2,2-7H3/b25-17-,26-13?,28-15?,30-14?,32-16?. The lowest BCUT2D eigenvalue weighted by atomic mass is 9.96. The second-order valence-corrected chi connectivity index (χ2v) is 10.9. The molecular weight excluding hydrogens is 556 g/mol. The van der Waals surface area contributed by atoms with Crippen molar-refractivity contribution in [1.29, 1.82) is 0 Å². The molecule has 5 rings (SSSR count). The van der Waals surface area contributed by atoms with Crippen LogP contribution >= 0.6 is 0 Å². The number of hydrogen-bond donors (Lipinski definition) is 2. The summed E-state index contributed by atoms with van der Waals surface area (Å²) in [4.78, 5) is 42.7. The first-order chi connectivity index (χ1) is 21.1. The van der Waals surface area contributed by atoms with Crippen LogP contribution in [0.2, 0.25) is 0 Å². The number of esters is 2. The van der Waals surface area contributed by atoms with Gasteiger partial charge in [0.25, 0.3) is 0 Å². The SMILES string of the molecule is C=Cc1c(C)c2[nH]c1=CC1=NC(=CC3=NC(=CC4=C(C)/C(=C/O)C(=N4)C=2)C(C)=C3CCC(=O)OC)C(CCC(=O)OC)=C1C. The summed E-state index contributed by atoms with van der Waals surface area (Å²) < 4.78 is 9.84. The molecule has 0 unspecified atom stereocenters. The molecule has 0 aromatic carbocycles. The summed E-state index contributed by atoms with van der Waals surface area (Å²) in [5.74, 6) is -0.613. The van der Waals surface area contributed by atoms with Crippen LogP contribution in [0.3, 0.4) is 0 Å². The molecule has 1 aromatic heterocycles. The molecule has 0 saturated heterocycles. The first-order valence-corrected chi connectivity index (χ1v) is 14.4. The minimum atomic E-state index is -0.311. The number of aliphatic hydroxyl groups is 1. The Hall–Kier alpha value is -5.05. The van der Waals surface area contributed by atoms with Gasteiger partial charge in [0.2, 0.25) is 0 Å². The molecule has 4 aliphatic heterocycles. The zero-order valence-electron chi connectivity index (χ0n) is 25.9. The second-order valence-electron chi connectivity index (χ2n) is 10.9. The number of carbonyl (C=O) groups excluding carboxylic acids is 2. The monoisotopic (exact) mass is 592 g/mol. The number of hydrogen-bond acceptors (Lipinski definition) is 8. The molecule has 0 amide bonds. The highest BCUT2D eigenvalue weighted by atomic mass is 16.5. The van der Waals surface area contributed by atoms with E-state index in [-0.39, 0.29) is 24.8 Å². The van der Waals surface area contributed by atoms with Crippen molar-refractivity contribution in [1.82, 2.24) is 4.98 Å². The number of fused-ring (bicyclic) bond motifs is 5. The van der Waals surface area contributed by atoms with Gasteiger partial charge < -0.3 is 19.6 Å². The van der Waals surface area contributed by atoms with E-state index in [1.54, 1.807) is 6.08 Å². The first kappa shape index (κ1) is 30.4. The van der Waals surface area contributed by atoms with Crippen molar-refractivity contribution in [3.8, 4) is 0 Å². The van der Waals surface area contributed by atoms with Crippen LogP contribution in [0.4, 0.5) is 0 Å². The zero-order valence-corrected chi connectivity index (χ0v) is 25.9. The number of rotatable bonds is 7. The molecule has 5 heterocycles. The van der Waals surface area contributed by atoms with Crippen LogP contribution in [0.15, 0.2) is 90.5 Å². The van der Waals surface area contributed by atoms with E-state index in [1.807, 2.05) is 52.0 Å². The van der Waals surface area contributed by atoms with Gasteiger partial charge in [0.05, 0.1) is 54.7 Å². The van der Waals surface area contributed by atoms with Gasteiger partial charge in [-0.1, -0.05) is 12.7 Å². The molecule has 0 saturated carbocycles. The van der Waals surface area contributed by atoms with Gasteiger partial charge in [-0.25, -0.2) is 15.0 Å². The van der Waals surface area contributed by atoms with E-state index in [9.17, 15) is 14.7 Å². The fourth-order valence-electron chi connectivity index (χ4n) is 5.79. The minimum absolute atomic E-state index is 0.194. The van der Waals surface area contributed by atoms with E-state index < -0.39 is 0 Å². The summed E-state index contributed by atoms with van der Waals surface area (Å²) in [7, 11) is 2.76. The summed E-state index contributed by atoms with van der Waals surface area (Å²) >= 11 is 0. The lowest BCUT2D eigenvalue weighted by Gasteiger charge is -2.08. The number of aromatic nitrogens is 1. The number of aromatic amines is 1. The number of aliphatic imine (C=N–C) groups is 3. The molecule has 2 N–H and O–H groups in total. The first-order valence-electron chi connectivity index (χ1n) is 14.4. The molecule has 44 heavy (non-hydrogen) atoms. The van der Waals surface area contributed by atoms with Crippen molar-refractivity contribution in [3.63, 3.8) is 0 Å². The van der Waals surface area contributed by atoms with E-state index >= 15 is 0 Å². The topological polar surface area (TPSA) is 126 Å². The fourth-order valence-corrected chi connectivity index (χ4v) is 5.79. The third kappa shape index (κ3) is 5.53. The van der Waals surface area contributed by atoms with Crippen LogP contribution in [-0.4, -0.2) is 53.4 Å². The van der Waals surface area contributed by atoms with Crippen molar-refractivity contribution in [2.24, 2.45) is 15.0 Å². The lowest BCUT2D eigenvalue weighted by Crippen LogP contribution is -2.15. The average molecular weight is 593 g/mol. The normalized spacial score (nSPS) is 18.4. The molecule has 226 valence electrons. The van der Waals surface area contributed by atoms with E-state index in [0.29, 0.717) is 46.9 Å². The highest BCUT2D eigenvalue weighted by Gasteiger charge is 2.27. The Morgan fingerprint density at radius 1 is 0.795 bits per heavy atom. The molecule has 4 aliphatic rings. The number of aliphatic hydroxyl groups excluding tert-OH is 1. The quantitative estimate of drug-likeness (QED) is 0.343. The molecule has 0 radical (unpaired) electrons. The molecule has 9 heteroatoms. The maximum Gasteiger partial charge on any atom is 0.305 e. The number of nitrogens with one attached hydrogen (secondary N) is 1. The predicted octanol–water partition coefficient (Wildman–Crippen LogP) is 4.93. The number of H-pyrrole nitrogens is 1. The van der Waals surface area contributed by atoms with Gasteiger partial charge in [0.1, 0.15) is 0 Å². The number of methoxy groups -OCH3 is 2. The Morgan fingerprint density at radius 3 is 2.07 bits per heavy atom. The largest absolute Gasteiger partial charge is 0.515 e. The molecule has 1 aromatic rings. The van der Waals surface area contributed by atoms with Crippen LogP contribution in [-0.2, 0) is 19.1 Å². The number of ether oxygens (including phenoxy) is 2. The van der Waals surface area contributed by atoms with Crippen LogP contribution in [0, 0.1) is 6.92 Å². The average Bonchev–Trinajstić information content (AvgIpc) is 3.67. The van der Waals surface area contributed by atoms with Crippen molar-refractivity contribution in [3.05, 3.63) is 97.3 Å². The second kappa shape index (κ2) is 12.3. The van der Waals surface area contributed by atoms with Gasteiger partial charge in [-0.05, 0) is 98.3 Å². The van der Waals surface area contributed by atoms with Crippen LogP contribution < -0.4 is 10.7 Å². The molecule has 9 nitrogen and oxygen atoms in total. The van der Waals surface area contributed by atoms with Gasteiger partial charge in [-0.3, -0.25) is 9.59 Å². The predicted molar refractivity (Wildman–Crippen MR) is 174 cm³/mol. The summed E-state index contributed by atoms with van der Waals surface area (Å²) in [5.41, 5.74) is 11.2. The molecule has 0 aliphatic carbocycles. The van der Waals surface area contributed by atoms with Crippen LogP contribution in [0.1, 0.15) is 57.6 Å². The van der Waals surface area contributed by atoms with Crippen molar-refractivity contribution < 1.29 is 24.2 Å². The molecule has 8 bridgehead atoms. The summed E-state index contributed by atoms with van der Waals surface area (Å²) in [6.07, 6.45) is 11.9. The number of nitrogens with zero attached hydrogens (tertiary/aromatic N) is 3. The minimum Gasteiger partial charge on any atom is -0.515 e. The zero-order chi connectivity index (χ0) is 31.7. The van der Waals surface area contributed by atoms with Gasteiger partial charge in [0, 0.05) is 34.7 Å². The molecule has 0 spiro atoms. The smallest absolute Gasteiger partial charge is 0.305 e. The Balaban J connectivity index is 1.79. The van der Waals surface area contributed by atoms with Crippen LogP contribution in [0.5, 0.6) is 0 Å². The Labute approximate surface area is 256 Å². The van der Waals surface area contributed by atoms with Crippen molar-refractivity contribution in [2.45, 2.75) is 53.4 Å². The van der Waals surface area contributed by atoms with E-state index in [2.05, 4.69) is 11.6 Å². The molecular formula is C35H36N4O5. The Morgan fingerprint density at radius 2 is 1.43 bits per heavy atom. The van der Waals surface area contributed by atoms with E-state index in [4.69, 9.17) is 24.5 Å². The Bertz CT molecular complexity index is 1920. The highest BCUT2D eigenvalue weighted by Crippen LogP contribution is 2.36.